The monoisotopic (exact) mass is 365 g/mol. The van der Waals surface area contributed by atoms with Crippen molar-refractivity contribution in [3.63, 3.8) is 0 Å². The van der Waals surface area contributed by atoms with Gasteiger partial charge in [0.05, 0.1) is 5.69 Å². The van der Waals surface area contributed by atoms with Gasteiger partial charge in [-0.1, -0.05) is 0 Å². The molecule has 0 fully saturated rings. The lowest BCUT2D eigenvalue weighted by molar-refractivity contribution is -0.134. The average molecular weight is 365 g/mol. The Labute approximate surface area is 154 Å². The zero-order valence-electron chi connectivity index (χ0n) is 14.0. The maximum atomic E-state index is 10.8. The highest BCUT2D eigenvalue weighted by Crippen LogP contribution is 2.35. The van der Waals surface area contributed by atoms with Gasteiger partial charge in [0.15, 0.2) is 11.5 Å². The number of anilines is 3. The molecule has 27 heavy (non-hydrogen) atoms. The first-order valence-corrected chi connectivity index (χ1v) is 8.09. The van der Waals surface area contributed by atoms with Crippen molar-refractivity contribution in [2.45, 2.75) is 0 Å². The summed E-state index contributed by atoms with van der Waals surface area (Å²) in [6.45, 7) is -0.0966. The van der Waals surface area contributed by atoms with E-state index < -0.39 is 5.97 Å². The topological polar surface area (TPSA) is 118 Å². The predicted molar refractivity (Wildman–Crippen MR) is 97.2 cm³/mol. The summed E-state index contributed by atoms with van der Waals surface area (Å²) in [5, 5.41) is 14.8. The highest BCUT2D eigenvalue weighted by atomic mass is 16.7. The maximum Gasteiger partial charge on any atom is 0.322 e. The van der Waals surface area contributed by atoms with E-state index in [1.165, 1.54) is 0 Å². The summed E-state index contributed by atoms with van der Waals surface area (Å²) in [4.78, 5) is 23.6. The van der Waals surface area contributed by atoms with Gasteiger partial charge in [-0.15, -0.1) is 0 Å². The van der Waals surface area contributed by atoms with E-state index in [2.05, 4.69) is 25.6 Å². The molecule has 0 saturated carbocycles. The van der Waals surface area contributed by atoms with E-state index in [-0.39, 0.29) is 19.3 Å². The zero-order valence-corrected chi connectivity index (χ0v) is 14.0. The molecule has 0 radical (unpaired) electrons. The molecule has 0 bridgehead atoms. The van der Waals surface area contributed by atoms with Crippen LogP contribution in [0.15, 0.2) is 48.8 Å². The smallest absolute Gasteiger partial charge is 0.322 e. The van der Waals surface area contributed by atoms with Gasteiger partial charge in [0.25, 0.3) is 0 Å². The summed E-state index contributed by atoms with van der Waals surface area (Å²) in [6, 6.07) is 10.9. The minimum atomic E-state index is -1.00. The van der Waals surface area contributed by atoms with Gasteiger partial charge in [-0.05, 0) is 24.3 Å². The van der Waals surface area contributed by atoms with Crippen LogP contribution < -0.4 is 20.1 Å². The third-order valence-corrected chi connectivity index (χ3v) is 3.73. The van der Waals surface area contributed by atoms with Crippen LogP contribution in [-0.4, -0.2) is 39.4 Å². The summed E-state index contributed by atoms with van der Waals surface area (Å²) in [7, 11) is 0. The Morgan fingerprint density at radius 3 is 2.85 bits per heavy atom. The van der Waals surface area contributed by atoms with Crippen LogP contribution >= 0.6 is 0 Å². The molecule has 1 aromatic carbocycles. The maximum absolute atomic E-state index is 10.8. The Bertz CT molecular complexity index is 981. The highest BCUT2D eigenvalue weighted by molar-refractivity contribution is 5.73. The standard InChI is InChI=1S/C18H15N5O4/c24-17(25)9-20-18-22-13(11-2-1-5-19-8-11)7-16(23-18)21-12-3-4-14-15(6-12)27-10-26-14/h1-8H,9-10H2,(H,24,25)(H2,20,21,22,23). The lowest BCUT2D eigenvalue weighted by Gasteiger charge is -2.11. The number of aliphatic carboxylic acids is 1. The molecule has 3 heterocycles. The number of nitrogens with one attached hydrogen (secondary N) is 2. The van der Waals surface area contributed by atoms with Crippen LogP contribution in [0.5, 0.6) is 11.5 Å². The molecule has 0 amide bonds. The average Bonchev–Trinajstić information content (AvgIpc) is 3.15. The normalized spacial score (nSPS) is 11.9. The van der Waals surface area contributed by atoms with E-state index in [1.807, 2.05) is 12.1 Å². The van der Waals surface area contributed by atoms with Crippen LogP contribution in [0.3, 0.4) is 0 Å². The molecule has 9 heteroatoms. The first-order valence-electron chi connectivity index (χ1n) is 8.09. The van der Waals surface area contributed by atoms with E-state index in [0.29, 0.717) is 23.0 Å². The van der Waals surface area contributed by atoms with Crippen molar-refractivity contribution < 1.29 is 19.4 Å². The lowest BCUT2D eigenvalue weighted by atomic mass is 10.2. The fourth-order valence-electron chi connectivity index (χ4n) is 2.53. The van der Waals surface area contributed by atoms with Crippen molar-refractivity contribution in [3.8, 4) is 22.8 Å². The third-order valence-electron chi connectivity index (χ3n) is 3.73. The molecule has 0 aliphatic carbocycles. The first-order chi connectivity index (χ1) is 13.2. The second-order valence-corrected chi connectivity index (χ2v) is 5.64. The van der Waals surface area contributed by atoms with Crippen LogP contribution in [0.2, 0.25) is 0 Å². The number of benzene rings is 1. The van der Waals surface area contributed by atoms with Crippen LogP contribution in [0.4, 0.5) is 17.5 Å². The third kappa shape index (κ3) is 3.87. The van der Waals surface area contributed by atoms with E-state index in [1.54, 1.807) is 36.7 Å². The molecule has 1 aliphatic rings. The zero-order chi connectivity index (χ0) is 18.6. The van der Waals surface area contributed by atoms with Crippen molar-refractivity contribution in [1.82, 2.24) is 15.0 Å². The van der Waals surface area contributed by atoms with Gasteiger partial charge in [0, 0.05) is 35.8 Å². The van der Waals surface area contributed by atoms with Crippen molar-refractivity contribution in [2.24, 2.45) is 0 Å². The molecule has 1 aliphatic heterocycles. The molecule has 136 valence electrons. The Morgan fingerprint density at radius 2 is 2.04 bits per heavy atom. The quantitative estimate of drug-likeness (QED) is 0.605. The molecule has 3 aromatic rings. The molecular weight excluding hydrogens is 350 g/mol. The van der Waals surface area contributed by atoms with Gasteiger partial charge >= 0.3 is 5.97 Å². The van der Waals surface area contributed by atoms with Gasteiger partial charge in [0.2, 0.25) is 12.7 Å². The Morgan fingerprint density at radius 1 is 1.15 bits per heavy atom. The van der Waals surface area contributed by atoms with Gasteiger partial charge in [0.1, 0.15) is 12.4 Å². The molecule has 2 aromatic heterocycles. The summed E-state index contributed by atoms with van der Waals surface area (Å²) < 4.78 is 10.7. The fourth-order valence-corrected chi connectivity index (χ4v) is 2.53. The number of carboxylic acid groups (broad SMARTS) is 1. The molecule has 0 atom stereocenters. The van der Waals surface area contributed by atoms with E-state index in [4.69, 9.17) is 14.6 Å². The number of ether oxygens (including phenoxy) is 2. The minimum absolute atomic E-state index is 0.195. The largest absolute Gasteiger partial charge is 0.480 e. The van der Waals surface area contributed by atoms with Gasteiger partial charge in [-0.25, -0.2) is 4.98 Å². The molecule has 0 saturated heterocycles. The second-order valence-electron chi connectivity index (χ2n) is 5.64. The fraction of sp³-hybridized carbons (Fsp3) is 0.111. The SMILES string of the molecule is O=C(O)CNc1nc(Nc2ccc3c(c2)OCO3)cc(-c2cccnc2)n1. The first kappa shape index (κ1) is 16.6. The molecule has 0 spiro atoms. The number of carboxylic acids is 1. The summed E-state index contributed by atoms with van der Waals surface area (Å²) in [5.41, 5.74) is 2.14. The second kappa shape index (κ2) is 7.16. The Hall–Kier alpha value is -3.88. The predicted octanol–water partition coefficient (Wildman–Crippen LogP) is 2.51. The van der Waals surface area contributed by atoms with Crippen LogP contribution in [0, 0.1) is 0 Å². The molecule has 3 N–H and O–H groups in total. The van der Waals surface area contributed by atoms with E-state index in [0.717, 1.165) is 11.3 Å². The Kier molecular flexibility index (Phi) is 4.40. The van der Waals surface area contributed by atoms with Crippen molar-refractivity contribution >= 4 is 23.4 Å². The summed E-state index contributed by atoms with van der Waals surface area (Å²) >= 11 is 0. The molecule has 9 nitrogen and oxygen atoms in total. The summed E-state index contributed by atoms with van der Waals surface area (Å²) in [5.74, 6) is 1.02. The number of nitrogens with zero attached hydrogens (tertiary/aromatic N) is 3. The number of carbonyl (C=O) groups is 1. The number of aromatic nitrogens is 3. The minimum Gasteiger partial charge on any atom is -0.480 e. The summed E-state index contributed by atoms with van der Waals surface area (Å²) in [6.07, 6.45) is 3.34. The highest BCUT2D eigenvalue weighted by Gasteiger charge is 2.14. The molecular formula is C18H15N5O4. The van der Waals surface area contributed by atoms with E-state index in [9.17, 15) is 4.79 Å². The molecule has 4 rings (SSSR count). The van der Waals surface area contributed by atoms with Crippen LogP contribution in [0.25, 0.3) is 11.3 Å². The van der Waals surface area contributed by atoms with Crippen molar-refractivity contribution in [1.29, 1.82) is 0 Å². The van der Waals surface area contributed by atoms with Gasteiger partial charge in [-0.3, -0.25) is 9.78 Å². The van der Waals surface area contributed by atoms with Gasteiger partial charge in [-0.2, -0.15) is 4.98 Å². The molecule has 0 unspecified atom stereocenters. The number of pyridine rings is 1. The number of rotatable bonds is 6. The van der Waals surface area contributed by atoms with Crippen molar-refractivity contribution in [2.75, 3.05) is 24.0 Å². The van der Waals surface area contributed by atoms with Crippen LogP contribution in [0.1, 0.15) is 0 Å². The van der Waals surface area contributed by atoms with Crippen LogP contribution in [-0.2, 0) is 4.79 Å². The van der Waals surface area contributed by atoms with Gasteiger partial charge < -0.3 is 25.2 Å². The Balaban J connectivity index is 1.66. The number of fused-ring (bicyclic) bond motifs is 1. The number of hydrogen-bond donors (Lipinski definition) is 3. The van der Waals surface area contributed by atoms with Crippen molar-refractivity contribution in [3.05, 3.63) is 48.8 Å². The lowest BCUT2D eigenvalue weighted by Crippen LogP contribution is -2.15. The van der Waals surface area contributed by atoms with E-state index >= 15 is 0 Å². The number of hydrogen-bond acceptors (Lipinski definition) is 8.